The third-order valence-electron chi connectivity index (χ3n) is 3.91. The molecule has 0 fully saturated rings. The first kappa shape index (κ1) is 19.3. The number of aryl methyl sites for hydroxylation is 3. The van der Waals surface area contributed by atoms with Crippen LogP contribution < -0.4 is 5.43 Å². The summed E-state index contributed by atoms with van der Waals surface area (Å²) in [4.78, 5) is 28.6. The van der Waals surface area contributed by atoms with E-state index in [1.807, 2.05) is 24.3 Å². The van der Waals surface area contributed by atoms with Crippen molar-refractivity contribution < 1.29 is 14.3 Å². The Bertz CT molecular complexity index is 827. The Hall–Kier alpha value is -3.02. The summed E-state index contributed by atoms with van der Waals surface area (Å²) in [5, 5.41) is 3.98. The van der Waals surface area contributed by atoms with Crippen LogP contribution in [0.4, 0.5) is 0 Å². The Morgan fingerprint density at radius 1 is 1.12 bits per heavy atom. The molecule has 0 saturated carbocycles. The monoisotopic (exact) mass is 353 g/mol. The second-order valence-corrected chi connectivity index (χ2v) is 5.77. The van der Waals surface area contributed by atoms with Gasteiger partial charge in [0.1, 0.15) is 0 Å². The van der Waals surface area contributed by atoms with Gasteiger partial charge < -0.3 is 4.74 Å². The molecule has 1 aromatic heterocycles. The summed E-state index contributed by atoms with van der Waals surface area (Å²) in [6.07, 6.45) is 2.54. The first-order valence-electron chi connectivity index (χ1n) is 8.54. The van der Waals surface area contributed by atoms with E-state index in [1.165, 1.54) is 11.6 Å². The molecule has 0 aliphatic carbocycles. The summed E-state index contributed by atoms with van der Waals surface area (Å²) in [5.41, 5.74) is 6.21. The van der Waals surface area contributed by atoms with Crippen LogP contribution >= 0.6 is 0 Å². The number of hydrogen-bond donors (Lipinski definition) is 1. The Morgan fingerprint density at radius 2 is 1.77 bits per heavy atom. The van der Waals surface area contributed by atoms with Crippen molar-refractivity contribution in [2.45, 2.75) is 34.1 Å². The zero-order valence-electron chi connectivity index (χ0n) is 15.5. The Balaban J connectivity index is 2.14. The number of hydrogen-bond acceptors (Lipinski definition) is 5. The molecule has 26 heavy (non-hydrogen) atoms. The first-order chi connectivity index (χ1) is 12.5. The normalized spacial score (nSPS) is 10.8. The van der Waals surface area contributed by atoms with E-state index in [4.69, 9.17) is 4.74 Å². The quantitative estimate of drug-likeness (QED) is 0.491. The average molecular weight is 353 g/mol. The summed E-state index contributed by atoms with van der Waals surface area (Å²) < 4.78 is 5.00. The first-order valence-corrected chi connectivity index (χ1v) is 8.54. The number of nitrogens with one attached hydrogen (secondary N) is 1. The Morgan fingerprint density at radius 3 is 2.38 bits per heavy atom. The maximum absolute atomic E-state index is 12.4. The maximum Gasteiger partial charge on any atom is 0.339 e. The summed E-state index contributed by atoms with van der Waals surface area (Å²) in [6.45, 7) is 7.49. The fourth-order valence-corrected chi connectivity index (χ4v) is 2.44. The van der Waals surface area contributed by atoms with Crippen molar-refractivity contribution in [1.29, 1.82) is 0 Å². The van der Waals surface area contributed by atoms with Crippen molar-refractivity contribution in [3.8, 4) is 0 Å². The van der Waals surface area contributed by atoms with Gasteiger partial charge in [0, 0.05) is 0 Å². The smallest absolute Gasteiger partial charge is 0.339 e. The molecule has 0 radical (unpaired) electrons. The molecular weight excluding hydrogens is 330 g/mol. The minimum Gasteiger partial charge on any atom is -0.462 e. The number of carbonyl (C=O) groups is 2. The van der Waals surface area contributed by atoms with Gasteiger partial charge in [-0.25, -0.2) is 10.2 Å². The van der Waals surface area contributed by atoms with Gasteiger partial charge in [0.15, 0.2) is 0 Å². The average Bonchev–Trinajstić information content (AvgIpc) is 2.62. The minimum absolute atomic E-state index is 0.259. The van der Waals surface area contributed by atoms with Crippen LogP contribution in [0, 0.1) is 13.8 Å². The standard InChI is InChI=1S/C20H23N3O3/c1-5-15-7-9-16(10-8-15)12-21-23-19(24)17-11-18(20(25)26-6-2)14(4)22-13(17)3/h7-12H,5-6H2,1-4H3,(H,23,24). The third-order valence-corrected chi connectivity index (χ3v) is 3.91. The van der Waals surface area contributed by atoms with Gasteiger partial charge in [-0.2, -0.15) is 5.10 Å². The van der Waals surface area contributed by atoms with Crippen molar-refractivity contribution in [2.24, 2.45) is 5.10 Å². The number of aromatic nitrogens is 1. The molecular formula is C20H23N3O3. The molecule has 2 rings (SSSR count). The van der Waals surface area contributed by atoms with Gasteiger partial charge in [-0.15, -0.1) is 0 Å². The van der Waals surface area contributed by atoms with Crippen molar-refractivity contribution in [1.82, 2.24) is 10.4 Å². The molecule has 1 aromatic carbocycles. The highest BCUT2D eigenvalue weighted by atomic mass is 16.5. The lowest BCUT2D eigenvalue weighted by molar-refractivity contribution is 0.0525. The number of pyridine rings is 1. The van der Waals surface area contributed by atoms with Gasteiger partial charge in [-0.3, -0.25) is 9.78 Å². The van der Waals surface area contributed by atoms with Crippen molar-refractivity contribution in [2.75, 3.05) is 6.61 Å². The van der Waals surface area contributed by atoms with Crippen LogP contribution in [-0.2, 0) is 11.2 Å². The number of carbonyl (C=O) groups excluding carboxylic acids is 2. The predicted octanol–water partition coefficient (Wildman–Crippen LogP) is 3.20. The van der Waals surface area contributed by atoms with Crippen LogP contribution in [0.15, 0.2) is 35.4 Å². The lowest BCUT2D eigenvalue weighted by atomic mass is 10.1. The van der Waals surface area contributed by atoms with E-state index in [9.17, 15) is 9.59 Å². The summed E-state index contributed by atoms with van der Waals surface area (Å²) >= 11 is 0. The van der Waals surface area contributed by atoms with E-state index in [-0.39, 0.29) is 17.7 Å². The van der Waals surface area contributed by atoms with Crippen molar-refractivity contribution >= 4 is 18.1 Å². The SMILES string of the molecule is CCOC(=O)c1cc(C(=O)NN=Cc2ccc(CC)cc2)c(C)nc1C. The fraction of sp³-hybridized carbons (Fsp3) is 0.300. The molecule has 0 atom stereocenters. The van der Waals surface area contributed by atoms with Crippen LogP contribution in [-0.4, -0.2) is 29.7 Å². The van der Waals surface area contributed by atoms with E-state index in [1.54, 1.807) is 27.0 Å². The molecule has 6 nitrogen and oxygen atoms in total. The van der Waals surface area contributed by atoms with E-state index < -0.39 is 11.9 Å². The van der Waals surface area contributed by atoms with E-state index in [0.717, 1.165) is 12.0 Å². The predicted molar refractivity (Wildman–Crippen MR) is 101 cm³/mol. The molecule has 0 saturated heterocycles. The van der Waals surface area contributed by atoms with Crippen LogP contribution in [0.2, 0.25) is 0 Å². The number of hydrazone groups is 1. The molecule has 0 spiro atoms. The number of amides is 1. The van der Waals surface area contributed by atoms with E-state index in [2.05, 4.69) is 22.4 Å². The zero-order valence-corrected chi connectivity index (χ0v) is 15.5. The molecule has 0 bridgehead atoms. The molecule has 136 valence electrons. The Kier molecular flexibility index (Phi) is 6.60. The number of esters is 1. The number of rotatable bonds is 6. The molecule has 0 unspecified atom stereocenters. The zero-order chi connectivity index (χ0) is 19.1. The van der Waals surface area contributed by atoms with Crippen molar-refractivity contribution in [3.05, 3.63) is 64.0 Å². The molecule has 0 aliphatic heterocycles. The number of nitrogens with zero attached hydrogens (tertiary/aromatic N) is 2. The van der Waals surface area contributed by atoms with E-state index >= 15 is 0 Å². The van der Waals surface area contributed by atoms with Crippen LogP contribution in [0.25, 0.3) is 0 Å². The van der Waals surface area contributed by atoms with Gasteiger partial charge in [0.05, 0.1) is 35.3 Å². The van der Waals surface area contributed by atoms with Gasteiger partial charge >= 0.3 is 5.97 Å². The second kappa shape index (κ2) is 8.89. The third kappa shape index (κ3) is 4.75. The number of benzene rings is 1. The van der Waals surface area contributed by atoms with Gasteiger partial charge in [-0.05, 0) is 44.4 Å². The minimum atomic E-state index is -0.494. The molecule has 2 aromatic rings. The van der Waals surface area contributed by atoms with Crippen LogP contribution in [0.3, 0.4) is 0 Å². The van der Waals surface area contributed by atoms with E-state index in [0.29, 0.717) is 11.4 Å². The van der Waals surface area contributed by atoms with Crippen LogP contribution in [0.5, 0.6) is 0 Å². The van der Waals surface area contributed by atoms with Crippen LogP contribution in [0.1, 0.15) is 57.1 Å². The molecule has 1 N–H and O–H groups in total. The number of ether oxygens (including phenoxy) is 1. The molecule has 0 aliphatic rings. The lowest BCUT2D eigenvalue weighted by Gasteiger charge is -2.09. The lowest BCUT2D eigenvalue weighted by Crippen LogP contribution is -2.21. The summed E-state index contributed by atoms with van der Waals surface area (Å²) in [6, 6.07) is 9.40. The molecule has 6 heteroatoms. The summed E-state index contributed by atoms with van der Waals surface area (Å²) in [5.74, 6) is -0.923. The molecule has 1 amide bonds. The second-order valence-electron chi connectivity index (χ2n) is 5.77. The maximum atomic E-state index is 12.4. The van der Waals surface area contributed by atoms with Gasteiger partial charge in [0.25, 0.3) is 5.91 Å². The molecule has 1 heterocycles. The van der Waals surface area contributed by atoms with Gasteiger partial charge in [-0.1, -0.05) is 31.2 Å². The highest BCUT2D eigenvalue weighted by molar-refractivity contribution is 5.99. The highest BCUT2D eigenvalue weighted by Crippen LogP contribution is 2.14. The summed E-state index contributed by atoms with van der Waals surface area (Å²) in [7, 11) is 0. The largest absolute Gasteiger partial charge is 0.462 e. The highest BCUT2D eigenvalue weighted by Gasteiger charge is 2.17. The van der Waals surface area contributed by atoms with Gasteiger partial charge in [0.2, 0.25) is 0 Å². The van der Waals surface area contributed by atoms with Crippen molar-refractivity contribution in [3.63, 3.8) is 0 Å². The topological polar surface area (TPSA) is 80.7 Å². The fourth-order valence-electron chi connectivity index (χ4n) is 2.44. The Labute approximate surface area is 153 Å².